The van der Waals surface area contributed by atoms with E-state index in [0.717, 1.165) is 11.8 Å². The van der Waals surface area contributed by atoms with Crippen molar-refractivity contribution < 1.29 is 9.13 Å². The number of imidazole rings is 2. The Morgan fingerprint density at radius 2 is 1.04 bits per heavy atom. The highest BCUT2D eigenvalue weighted by Crippen LogP contribution is 2.37. The molecule has 132 valence electrons. The average molecular weight is 331 g/mol. The first-order chi connectivity index (χ1) is 11.2. The fraction of sp³-hybridized carbons (Fsp3) is 0.700. The molecule has 3 rings (SSSR count). The van der Waals surface area contributed by atoms with E-state index in [2.05, 4.69) is 73.9 Å². The topological polar surface area (TPSA) is 17.6 Å². The quantitative estimate of drug-likeness (QED) is 0.767. The lowest BCUT2D eigenvalue weighted by Gasteiger charge is -2.34. The molecule has 2 aromatic rings. The molecule has 1 fully saturated rings. The normalized spacial score (nSPS) is 20.5. The summed E-state index contributed by atoms with van der Waals surface area (Å²) in [5.41, 5.74) is 5.64. The van der Waals surface area contributed by atoms with Gasteiger partial charge in [-0.3, -0.25) is 0 Å². The molecule has 1 aliphatic carbocycles. The second kappa shape index (κ2) is 6.05. The third kappa shape index (κ3) is 2.51. The predicted octanol–water partition coefficient (Wildman–Crippen LogP) is 2.52. The summed E-state index contributed by atoms with van der Waals surface area (Å²) in [5.74, 6) is 4.37. The molecule has 0 N–H and O–H groups in total. The average Bonchev–Trinajstić information content (AvgIpc) is 2.84. The molecular weight excluding hydrogens is 296 g/mol. The molecule has 0 aliphatic heterocycles. The highest BCUT2D eigenvalue weighted by atomic mass is 15.2. The van der Waals surface area contributed by atoms with Crippen molar-refractivity contribution in [3.63, 3.8) is 0 Å². The van der Waals surface area contributed by atoms with Crippen LogP contribution in [0.1, 0.15) is 47.3 Å². The Morgan fingerprint density at radius 3 is 1.25 bits per heavy atom. The maximum atomic E-state index is 2.53. The molecule has 24 heavy (non-hydrogen) atoms. The van der Waals surface area contributed by atoms with E-state index in [0.29, 0.717) is 0 Å². The molecule has 0 spiro atoms. The first-order valence-corrected chi connectivity index (χ1v) is 9.28. The molecule has 0 amide bonds. The van der Waals surface area contributed by atoms with Gasteiger partial charge in [0.15, 0.2) is 0 Å². The van der Waals surface area contributed by atoms with Crippen molar-refractivity contribution in [3.8, 4) is 0 Å². The van der Waals surface area contributed by atoms with Gasteiger partial charge >= 0.3 is 0 Å². The molecule has 4 heteroatoms. The molecule has 2 heterocycles. The standard InChI is InChI=1S/C20H34N4/c1-13-15(3)23(17(5)21(13)7)11-19-9-10-20(19)12-24-16(4)14(2)22(8)18(24)6/h19-20H,9-12H2,1-8H3/q+2/t19-,20?/m0/s1. The molecule has 2 aromatic heterocycles. The third-order valence-corrected chi connectivity index (χ3v) is 7.02. The SMILES string of the molecule is Cc1c(C)[n+](C)c(C)n1CC1CC[C@H]1Cn1c(C)c(C)[n+](C)c1C. The van der Waals surface area contributed by atoms with Gasteiger partial charge in [-0.25, -0.2) is 18.3 Å². The van der Waals surface area contributed by atoms with Gasteiger partial charge in [-0.15, -0.1) is 0 Å². The Kier molecular flexibility index (Phi) is 4.35. The highest BCUT2D eigenvalue weighted by molar-refractivity contribution is 5.08. The minimum atomic E-state index is 0.806. The van der Waals surface area contributed by atoms with Crippen LogP contribution < -0.4 is 9.13 Å². The first kappa shape index (κ1) is 17.2. The van der Waals surface area contributed by atoms with E-state index in [1.807, 2.05) is 0 Å². The van der Waals surface area contributed by atoms with Crippen LogP contribution in [0.3, 0.4) is 0 Å². The zero-order valence-electron chi connectivity index (χ0n) is 16.8. The summed E-state index contributed by atoms with van der Waals surface area (Å²) >= 11 is 0. The van der Waals surface area contributed by atoms with Crippen molar-refractivity contribution in [1.29, 1.82) is 0 Å². The van der Waals surface area contributed by atoms with Crippen molar-refractivity contribution >= 4 is 0 Å². The second-order valence-electron chi connectivity index (χ2n) is 7.87. The fourth-order valence-electron chi connectivity index (χ4n) is 4.33. The molecule has 2 atom stereocenters. The summed E-state index contributed by atoms with van der Waals surface area (Å²) in [5, 5.41) is 0. The van der Waals surface area contributed by atoms with Crippen molar-refractivity contribution in [2.45, 2.75) is 67.5 Å². The van der Waals surface area contributed by atoms with Crippen molar-refractivity contribution in [2.75, 3.05) is 0 Å². The Hall–Kier alpha value is -1.58. The number of hydrogen-bond acceptors (Lipinski definition) is 0. The van der Waals surface area contributed by atoms with E-state index in [9.17, 15) is 0 Å². The van der Waals surface area contributed by atoms with Crippen LogP contribution in [0.25, 0.3) is 0 Å². The third-order valence-electron chi connectivity index (χ3n) is 7.02. The lowest BCUT2D eigenvalue weighted by Crippen LogP contribution is -2.37. The van der Waals surface area contributed by atoms with Crippen LogP contribution in [0.4, 0.5) is 0 Å². The van der Waals surface area contributed by atoms with Crippen LogP contribution >= 0.6 is 0 Å². The van der Waals surface area contributed by atoms with Crippen LogP contribution in [-0.4, -0.2) is 9.13 Å². The molecular formula is C20H34N4+2. The highest BCUT2D eigenvalue weighted by Gasteiger charge is 2.37. The van der Waals surface area contributed by atoms with Gasteiger partial charge in [0, 0.05) is 53.4 Å². The number of nitrogens with zero attached hydrogens (tertiary/aromatic N) is 4. The van der Waals surface area contributed by atoms with Crippen molar-refractivity contribution in [3.05, 3.63) is 34.4 Å². The predicted molar refractivity (Wildman–Crippen MR) is 95.9 cm³/mol. The van der Waals surface area contributed by atoms with Gasteiger partial charge in [-0.05, 0) is 12.8 Å². The van der Waals surface area contributed by atoms with E-state index < -0.39 is 0 Å². The number of rotatable bonds is 4. The maximum absolute atomic E-state index is 2.53. The number of hydrogen-bond donors (Lipinski definition) is 0. The Labute approximate surface area is 146 Å². The summed E-state index contributed by atoms with van der Waals surface area (Å²) in [6, 6.07) is 0. The van der Waals surface area contributed by atoms with Crippen LogP contribution in [0.2, 0.25) is 0 Å². The minimum absolute atomic E-state index is 0.806. The second-order valence-corrected chi connectivity index (χ2v) is 7.87. The molecule has 0 aromatic carbocycles. The minimum Gasteiger partial charge on any atom is -0.234 e. The largest absolute Gasteiger partial charge is 0.253 e. The van der Waals surface area contributed by atoms with E-state index in [4.69, 9.17) is 0 Å². The summed E-state index contributed by atoms with van der Waals surface area (Å²) in [6.07, 6.45) is 2.74. The van der Waals surface area contributed by atoms with Gasteiger partial charge in [0.1, 0.15) is 22.8 Å². The van der Waals surface area contributed by atoms with Gasteiger partial charge in [-0.2, -0.15) is 0 Å². The Bertz CT molecular complexity index is 661. The molecule has 0 saturated heterocycles. The monoisotopic (exact) mass is 330 g/mol. The van der Waals surface area contributed by atoms with Gasteiger partial charge in [0.05, 0.1) is 27.2 Å². The van der Waals surface area contributed by atoms with E-state index in [-0.39, 0.29) is 0 Å². The molecule has 0 radical (unpaired) electrons. The molecule has 1 saturated carbocycles. The molecule has 4 nitrogen and oxygen atoms in total. The fourth-order valence-corrected chi connectivity index (χ4v) is 4.33. The van der Waals surface area contributed by atoms with Crippen LogP contribution in [0.5, 0.6) is 0 Å². The molecule has 0 bridgehead atoms. The molecule has 1 unspecified atom stereocenters. The van der Waals surface area contributed by atoms with Gasteiger partial charge in [0.25, 0.3) is 11.6 Å². The summed E-state index contributed by atoms with van der Waals surface area (Å²) in [4.78, 5) is 0. The Balaban J connectivity index is 1.77. The summed E-state index contributed by atoms with van der Waals surface area (Å²) in [7, 11) is 4.36. The van der Waals surface area contributed by atoms with E-state index in [1.165, 1.54) is 60.4 Å². The lowest BCUT2D eigenvalue weighted by molar-refractivity contribution is -0.683. The molecule has 1 aliphatic rings. The van der Waals surface area contributed by atoms with Crippen LogP contribution in [0.15, 0.2) is 0 Å². The van der Waals surface area contributed by atoms with Crippen molar-refractivity contribution in [1.82, 2.24) is 9.13 Å². The van der Waals surface area contributed by atoms with E-state index >= 15 is 0 Å². The van der Waals surface area contributed by atoms with E-state index in [1.54, 1.807) is 0 Å². The zero-order chi connectivity index (χ0) is 17.8. The zero-order valence-corrected chi connectivity index (χ0v) is 16.8. The number of aromatic nitrogens is 4. The first-order valence-electron chi connectivity index (χ1n) is 9.28. The van der Waals surface area contributed by atoms with Gasteiger partial charge < -0.3 is 0 Å². The summed E-state index contributed by atoms with van der Waals surface area (Å²) in [6.45, 7) is 15.8. The van der Waals surface area contributed by atoms with Crippen LogP contribution in [-0.2, 0) is 27.2 Å². The van der Waals surface area contributed by atoms with Crippen LogP contribution in [0, 0.1) is 53.4 Å². The van der Waals surface area contributed by atoms with Gasteiger partial charge in [-0.1, -0.05) is 0 Å². The maximum Gasteiger partial charge on any atom is 0.253 e. The lowest BCUT2D eigenvalue weighted by atomic mass is 9.73. The smallest absolute Gasteiger partial charge is 0.234 e. The Morgan fingerprint density at radius 1 is 0.708 bits per heavy atom. The van der Waals surface area contributed by atoms with Crippen molar-refractivity contribution in [2.24, 2.45) is 25.9 Å². The van der Waals surface area contributed by atoms with Gasteiger partial charge in [0.2, 0.25) is 0 Å². The summed E-state index contributed by atoms with van der Waals surface area (Å²) < 4.78 is 9.72.